The Hall–Kier alpha value is -1.93. The highest BCUT2D eigenvalue weighted by Gasteiger charge is 2.48. The number of fused-ring (bicyclic) bond motifs is 2. The molecule has 0 amide bonds. The Morgan fingerprint density at radius 2 is 2.32 bits per heavy atom. The van der Waals surface area contributed by atoms with E-state index in [1.807, 2.05) is 20.0 Å². The van der Waals surface area contributed by atoms with Crippen molar-refractivity contribution in [1.82, 2.24) is 9.55 Å². The number of rotatable bonds is 0. The number of carbonyl (C=O) groups excluding carboxylic acids is 1. The smallest absolute Gasteiger partial charge is 0.228 e. The van der Waals surface area contributed by atoms with E-state index in [1.54, 1.807) is 12.3 Å². The van der Waals surface area contributed by atoms with E-state index in [0.29, 0.717) is 19.6 Å². The number of nitrogens with zero attached hydrogens (tertiary/aromatic N) is 3. The van der Waals surface area contributed by atoms with Crippen molar-refractivity contribution in [3.63, 3.8) is 0 Å². The van der Waals surface area contributed by atoms with Gasteiger partial charge in [0.1, 0.15) is 12.4 Å². The zero-order valence-corrected chi connectivity index (χ0v) is 11.0. The summed E-state index contributed by atoms with van der Waals surface area (Å²) in [5, 5.41) is 0. The van der Waals surface area contributed by atoms with Crippen molar-refractivity contribution in [1.29, 1.82) is 0 Å². The van der Waals surface area contributed by atoms with E-state index in [4.69, 9.17) is 11.3 Å². The Balaban J connectivity index is 2.20. The standard InChI is InChI=1S/C14H15N3O2/c1-13(2)8-14(6-10(15-3)12(13)18)9-19-7-11-16-4-5-17(11)14/h4-6H,7-9H2,1-2H3. The molecule has 1 aliphatic carbocycles. The normalized spacial score (nSPS) is 28.7. The predicted molar refractivity (Wildman–Crippen MR) is 67.9 cm³/mol. The number of aromatic nitrogens is 2. The molecule has 1 aromatic rings. The number of hydrogen-bond donors (Lipinski definition) is 0. The van der Waals surface area contributed by atoms with Crippen LogP contribution in [0.3, 0.4) is 0 Å². The van der Waals surface area contributed by atoms with Gasteiger partial charge in [-0.15, -0.1) is 0 Å². The summed E-state index contributed by atoms with van der Waals surface area (Å²) in [5.41, 5.74) is -0.806. The summed E-state index contributed by atoms with van der Waals surface area (Å²) in [7, 11) is 0. The molecular formula is C14H15N3O2. The van der Waals surface area contributed by atoms with E-state index in [0.717, 1.165) is 5.82 Å². The van der Waals surface area contributed by atoms with Crippen LogP contribution >= 0.6 is 0 Å². The summed E-state index contributed by atoms with van der Waals surface area (Å²) < 4.78 is 7.68. The molecule has 5 nitrogen and oxygen atoms in total. The average Bonchev–Trinajstić information content (AvgIpc) is 2.83. The molecule has 0 fully saturated rings. The van der Waals surface area contributed by atoms with E-state index in [1.165, 1.54) is 0 Å². The molecule has 0 saturated heterocycles. The number of imidazole rings is 1. The van der Waals surface area contributed by atoms with Crippen LogP contribution in [0.1, 0.15) is 26.1 Å². The molecule has 1 spiro atoms. The molecule has 0 saturated carbocycles. The Morgan fingerprint density at radius 3 is 3.05 bits per heavy atom. The van der Waals surface area contributed by atoms with Gasteiger partial charge in [-0.05, 0) is 12.5 Å². The van der Waals surface area contributed by atoms with E-state index in [9.17, 15) is 4.79 Å². The van der Waals surface area contributed by atoms with Crippen LogP contribution in [0.4, 0.5) is 0 Å². The second-order valence-electron chi connectivity index (χ2n) is 5.84. The lowest BCUT2D eigenvalue weighted by Gasteiger charge is -2.44. The van der Waals surface area contributed by atoms with Crippen LogP contribution in [0.2, 0.25) is 0 Å². The summed E-state index contributed by atoms with van der Waals surface area (Å²) >= 11 is 0. The fourth-order valence-corrected chi connectivity index (χ4v) is 3.13. The summed E-state index contributed by atoms with van der Waals surface area (Å²) in [6.07, 6.45) is 6.03. The molecule has 19 heavy (non-hydrogen) atoms. The first kappa shape index (κ1) is 12.1. The third-order valence-electron chi connectivity index (χ3n) is 3.90. The first-order chi connectivity index (χ1) is 8.98. The van der Waals surface area contributed by atoms with Gasteiger partial charge in [-0.25, -0.2) is 9.83 Å². The fraction of sp³-hybridized carbons (Fsp3) is 0.500. The van der Waals surface area contributed by atoms with Crippen molar-refractivity contribution in [2.45, 2.75) is 32.4 Å². The van der Waals surface area contributed by atoms with Gasteiger partial charge in [0, 0.05) is 17.8 Å². The van der Waals surface area contributed by atoms with E-state index in [-0.39, 0.29) is 11.5 Å². The highest BCUT2D eigenvalue weighted by atomic mass is 16.5. The Morgan fingerprint density at radius 1 is 1.53 bits per heavy atom. The van der Waals surface area contributed by atoms with Crippen LogP contribution in [0.15, 0.2) is 24.2 Å². The summed E-state index contributed by atoms with van der Waals surface area (Å²) in [6.45, 7) is 12.0. The molecule has 0 aromatic carbocycles. The quantitative estimate of drug-likeness (QED) is 0.667. The van der Waals surface area contributed by atoms with Gasteiger partial charge in [0.15, 0.2) is 5.78 Å². The van der Waals surface area contributed by atoms with Gasteiger partial charge in [-0.3, -0.25) is 0 Å². The third kappa shape index (κ3) is 1.64. The largest absolute Gasteiger partial charge is 0.371 e. The van der Waals surface area contributed by atoms with Gasteiger partial charge < -0.3 is 14.1 Å². The van der Waals surface area contributed by atoms with E-state index < -0.39 is 11.0 Å². The van der Waals surface area contributed by atoms with Crippen molar-refractivity contribution in [2.24, 2.45) is 5.41 Å². The number of carbonyl (C=O) groups is 1. The van der Waals surface area contributed by atoms with Crippen LogP contribution in [-0.4, -0.2) is 21.9 Å². The lowest BCUT2D eigenvalue weighted by molar-refractivity contribution is -0.126. The molecule has 2 aliphatic rings. The minimum absolute atomic E-state index is 0.0830. The Bertz CT molecular complexity index is 621. The molecule has 98 valence electrons. The topological polar surface area (TPSA) is 48.5 Å². The molecule has 3 rings (SSSR count). The monoisotopic (exact) mass is 257 g/mol. The van der Waals surface area contributed by atoms with Crippen LogP contribution in [0.5, 0.6) is 0 Å². The van der Waals surface area contributed by atoms with E-state index in [2.05, 4.69) is 14.4 Å². The number of hydrogen-bond acceptors (Lipinski definition) is 3. The van der Waals surface area contributed by atoms with Gasteiger partial charge in [-0.1, -0.05) is 13.8 Å². The maximum atomic E-state index is 12.2. The van der Waals surface area contributed by atoms with Crippen molar-refractivity contribution in [3.8, 4) is 0 Å². The van der Waals surface area contributed by atoms with Crippen molar-refractivity contribution < 1.29 is 9.53 Å². The number of allylic oxidation sites excluding steroid dienone is 1. The van der Waals surface area contributed by atoms with Gasteiger partial charge in [0.2, 0.25) is 5.70 Å². The Kier molecular flexibility index (Phi) is 2.41. The summed E-state index contributed by atoms with van der Waals surface area (Å²) in [6, 6.07) is 0. The molecule has 1 atom stereocenters. The fourth-order valence-electron chi connectivity index (χ4n) is 3.13. The lowest BCUT2D eigenvalue weighted by Crippen LogP contribution is -2.49. The van der Waals surface area contributed by atoms with Gasteiger partial charge in [0.05, 0.1) is 18.7 Å². The highest BCUT2D eigenvalue weighted by molar-refractivity contribution is 6.02. The maximum Gasteiger partial charge on any atom is 0.228 e. The number of ketones is 1. The molecule has 1 aromatic heterocycles. The van der Waals surface area contributed by atoms with Gasteiger partial charge >= 0.3 is 0 Å². The molecular weight excluding hydrogens is 242 g/mol. The van der Waals surface area contributed by atoms with Gasteiger partial charge in [0.25, 0.3) is 0 Å². The molecule has 0 radical (unpaired) electrons. The second kappa shape index (κ2) is 3.78. The molecule has 2 heterocycles. The minimum Gasteiger partial charge on any atom is -0.371 e. The van der Waals surface area contributed by atoms with Crippen molar-refractivity contribution in [2.75, 3.05) is 6.61 Å². The Labute approximate surface area is 111 Å². The summed E-state index contributed by atoms with van der Waals surface area (Å²) in [4.78, 5) is 19.9. The van der Waals surface area contributed by atoms with Crippen LogP contribution < -0.4 is 0 Å². The molecule has 0 bridgehead atoms. The maximum absolute atomic E-state index is 12.2. The SMILES string of the molecule is [C-]#[N+]C1=CC2(COCc3nccn32)CC(C)(C)C1=O. The van der Waals surface area contributed by atoms with Crippen LogP contribution in [0, 0.1) is 12.0 Å². The molecule has 1 unspecified atom stereocenters. The zero-order chi connectivity index (χ0) is 13.7. The van der Waals surface area contributed by atoms with Crippen molar-refractivity contribution in [3.05, 3.63) is 41.4 Å². The van der Waals surface area contributed by atoms with Crippen LogP contribution in [-0.2, 0) is 21.7 Å². The molecule has 1 aliphatic heterocycles. The first-order valence-electron chi connectivity index (χ1n) is 6.24. The average molecular weight is 257 g/mol. The van der Waals surface area contributed by atoms with Crippen LogP contribution in [0.25, 0.3) is 4.85 Å². The lowest BCUT2D eigenvalue weighted by atomic mass is 9.69. The molecule has 5 heteroatoms. The predicted octanol–water partition coefficient (Wildman–Crippen LogP) is 1.91. The summed E-state index contributed by atoms with van der Waals surface area (Å²) in [5.74, 6) is 0.761. The second-order valence-corrected chi connectivity index (χ2v) is 5.84. The first-order valence-corrected chi connectivity index (χ1v) is 6.24. The highest BCUT2D eigenvalue weighted by Crippen LogP contribution is 2.44. The minimum atomic E-state index is -0.559. The van der Waals surface area contributed by atoms with E-state index >= 15 is 0 Å². The molecule has 0 N–H and O–H groups in total. The number of ether oxygens (including phenoxy) is 1. The van der Waals surface area contributed by atoms with Gasteiger partial charge in [-0.2, -0.15) is 0 Å². The number of Topliss-reactive ketones (excluding diaryl/α,β-unsaturated/α-hetero) is 1. The third-order valence-corrected chi connectivity index (χ3v) is 3.90. The van der Waals surface area contributed by atoms with Crippen molar-refractivity contribution >= 4 is 5.78 Å². The zero-order valence-electron chi connectivity index (χ0n) is 11.0.